The SMILES string of the molecule is COc1ccc(C)cc1NC(=O)c1ccccc1SCC(=O)N(C)C1CCCCC1. The van der Waals surface area contributed by atoms with Crippen molar-refractivity contribution in [2.75, 3.05) is 25.2 Å². The third-order valence-corrected chi connectivity index (χ3v) is 6.66. The summed E-state index contributed by atoms with van der Waals surface area (Å²) in [6.07, 6.45) is 5.83. The maximum atomic E-state index is 13.0. The molecule has 2 aromatic carbocycles. The number of carbonyl (C=O) groups excluding carboxylic acids is 2. The third kappa shape index (κ3) is 5.57. The molecule has 0 bridgehead atoms. The van der Waals surface area contributed by atoms with E-state index in [9.17, 15) is 9.59 Å². The molecule has 0 atom stereocenters. The number of benzene rings is 2. The number of hydrogen-bond acceptors (Lipinski definition) is 4. The predicted octanol–water partition coefficient (Wildman–Crippen LogP) is 5.14. The molecule has 6 heteroatoms. The van der Waals surface area contributed by atoms with Crippen molar-refractivity contribution in [1.29, 1.82) is 0 Å². The van der Waals surface area contributed by atoms with Gasteiger partial charge < -0.3 is 15.0 Å². The van der Waals surface area contributed by atoms with Crippen LogP contribution in [0, 0.1) is 6.92 Å². The number of anilines is 1. The highest BCUT2D eigenvalue weighted by atomic mass is 32.2. The topological polar surface area (TPSA) is 58.6 Å². The molecule has 1 N–H and O–H groups in total. The van der Waals surface area contributed by atoms with Gasteiger partial charge in [0, 0.05) is 18.0 Å². The van der Waals surface area contributed by atoms with Crippen LogP contribution in [-0.2, 0) is 4.79 Å². The van der Waals surface area contributed by atoms with E-state index in [0.29, 0.717) is 28.8 Å². The Hall–Kier alpha value is -2.47. The highest BCUT2D eigenvalue weighted by Crippen LogP contribution is 2.29. The Balaban J connectivity index is 1.67. The molecule has 1 aliphatic rings. The average molecular weight is 427 g/mol. The molecule has 0 aromatic heterocycles. The fourth-order valence-electron chi connectivity index (χ4n) is 3.80. The summed E-state index contributed by atoms with van der Waals surface area (Å²) in [6.45, 7) is 1.97. The molecule has 1 aliphatic carbocycles. The molecule has 0 saturated heterocycles. The Morgan fingerprint density at radius 1 is 1.13 bits per heavy atom. The van der Waals surface area contributed by atoms with Gasteiger partial charge in [-0.05, 0) is 49.6 Å². The number of methoxy groups -OCH3 is 1. The molecular weight excluding hydrogens is 396 g/mol. The molecule has 0 unspecified atom stereocenters. The van der Waals surface area contributed by atoms with E-state index < -0.39 is 0 Å². The molecule has 30 heavy (non-hydrogen) atoms. The van der Waals surface area contributed by atoms with Crippen LogP contribution < -0.4 is 10.1 Å². The second kappa shape index (κ2) is 10.5. The molecular formula is C24H30N2O3S. The lowest BCUT2D eigenvalue weighted by Crippen LogP contribution is -2.39. The van der Waals surface area contributed by atoms with E-state index in [2.05, 4.69) is 5.32 Å². The van der Waals surface area contributed by atoms with Gasteiger partial charge in [-0.1, -0.05) is 37.5 Å². The van der Waals surface area contributed by atoms with Crippen molar-refractivity contribution in [1.82, 2.24) is 4.90 Å². The molecule has 0 radical (unpaired) electrons. The van der Waals surface area contributed by atoms with E-state index in [-0.39, 0.29) is 11.8 Å². The molecule has 1 saturated carbocycles. The van der Waals surface area contributed by atoms with Crippen molar-refractivity contribution in [2.24, 2.45) is 0 Å². The van der Waals surface area contributed by atoms with Crippen LogP contribution in [0.4, 0.5) is 5.69 Å². The average Bonchev–Trinajstić information content (AvgIpc) is 2.78. The number of amides is 2. The van der Waals surface area contributed by atoms with E-state index >= 15 is 0 Å². The minimum Gasteiger partial charge on any atom is -0.495 e. The quantitative estimate of drug-likeness (QED) is 0.623. The van der Waals surface area contributed by atoms with Crippen molar-refractivity contribution < 1.29 is 14.3 Å². The van der Waals surface area contributed by atoms with Crippen molar-refractivity contribution in [3.63, 3.8) is 0 Å². The Morgan fingerprint density at radius 3 is 2.60 bits per heavy atom. The van der Waals surface area contributed by atoms with E-state index in [4.69, 9.17) is 4.74 Å². The Kier molecular flexibility index (Phi) is 7.80. The molecule has 3 rings (SSSR count). The number of nitrogens with zero attached hydrogens (tertiary/aromatic N) is 1. The first-order valence-corrected chi connectivity index (χ1v) is 11.4. The summed E-state index contributed by atoms with van der Waals surface area (Å²) in [4.78, 5) is 28.4. The van der Waals surface area contributed by atoms with Crippen molar-refractivity contribution >= 4 is 29.3 Å². The summed E-state index contributed by atoms with van der Waals surface area (Å²) in [7, 11) is 3.49. The minimum atomic E-state index is -0.213. The van der Waals surface area contributed by atoms with Crippen LogP contribution in [0.2, 0.25) is 0 Å². The van der Waals surface area contributed by atoms with Gasteiger partial charge in [0.25, 0.3) is 5.91 Å². The van der Waals surface area contributed by atoms with Crippen LogP contribution in [0.15, 0.2) is 47.4 Å². The number of hydrogen-bond donors (Lipinski definition) is 1. The monoisotopic (exact) mass is 426 g/mol. The van der Waals surface area contributed by atoms with E-state index in [1.54, 1.807) is 13.2 Å². The first-order chi connectivity index (χ1) is 14.5. The van der Waals surface area contributed by atoms with Gasteiger partial charge in [0.05, 0.1) is 24.1 Å². The van der Waals surface area contributed by atoms with Crippen LogP contribution in [-0.4, -0.2) is 42.7 Å². The fourth-order valence-corrected chi connectivity index (χ4v) is 4.78. The molecule has 2 amide bonds. The van der Waals surface area contributed by atoms with E-state index in [1.807, 2.05) is 55.3 Å². The summed E-state index contributed by atoms with van der Waals surface area (Å²) in [5.41, 5.74) is 2.22. The summed E-state index contributed by atoms with van der Waals surface area (Å²) in [5, 5.41) is 2.95. The highest BCUT2D eigenvalue weighted by Gasteiger charge is 2.22. The van der Waals surface area contributed by atoms with Gasteiger partial charge in [-0.15, -0.1) is 11.8 Å². The third-order valence-electron chi connectivity index (χ3n) is 5.60. The maximum absolute atomic E-state index is 13.0. The molecule has 1 fully saturated rings. The number of thioether (sulfide) groups is 1. The highest BCUT2D eigenvalue weighted by molar-refractivity contribution is 8.00. The van der Waals surface area contributed by atoms with Crippen LogP contribution >= 0.6 is 11.8 Å². The Bertz CT molecular complexity index is 894. The normalized spacial score (nSPS) is 14.2. The maximum Gasteiger partial charge on any atom is 0.256 e. The molecule has 0 aliphatic heterocycles. The molecule has 5 nitrogen and oxygen atoms in total. The molecule has 0 spiro atoms. The van der Waals surface area contributed by atoms with Crippen molar-refractivity contribution in [3.05, 3.63) is 53.6 Å². The van der Waals surface area contributed by atoms with Gasteiger partial charge >= 0.3 is 0 Å². The molecule has 0 heterocycles. The zero-order valence-electron chi connectivity index (χ0n) is 17.9. The summed E-state index contributed by atoms with van der Waals surface area (Å²) in [6, 6.07) is 13.4. The molecule has 2 aromatic rings. The smallest absolute Gasteiger partial charge is 0.256 e. The van der Waals surface area contributed by atoms with Crippen LogP contribution in [0.1, 0.15) is 48.0 Å². The van der Waals surface area contributed by atoms with Gasteiger partial charge in [0.1, 0.15) is 5.75 Å². The zero-order chi connectivity index (χ0) is 21.5. The largest absolute Gasteiger partial charge is 0.495 e. The van der Waals surface area contributed by atoms with Gasteiger partial charge in [-0.3, -0.25) is 9.59 Å². The second-order valence-electron chi connectivity index (χ2n) is 7.74. The first kappa shape index (κ1) is 22.2. The number of ether oxygens (including phenoxy) is 1. The summed E-state index contributed by atoms with van der Waals surface area (Å²) < 4.78 is 5.36. The Labute approximate surface area is 183 Å². The number of carbonyl (C=O) groups is 2. The number of rotatable bonds is 7. The summed E-state index contributed by atoms with van der Waals surface area (Å²) >= 11 is 1.42. The zero-order valence-corrected chi connectivity index (χ0v) is 18.8. The van der Waals surface area contributed by atoms with Crippen molar-refractivity contribution in [2.45, 2.75) is 50.0 Å². The molecule has 160 valence electrons. The lowest BCUT2D eigenvalue weighted by atomic mass is 9.94. The van der Waals surface area contributed by atoms with Crippen molar-refractivity contribution in [3.8, 4) is 5.75 Å². The fraction of sp³-hybridized carbons (Fsp3) is 0.417. The van der Waals surface area contributed by atoms with Gasteiger partial charge in [-0.2, -0.15) is 0 Å². The van der Waals surface area contributed by atoms with Crippen LogP contribution in [0.25, 0.3) is 0 Å². The van der Waals surface area contributed by atoms with E-state index in [1.165, 1.54) is 31.0 Å². The first-order valence-electron chi connectivity index (χ1n) is 10.4. The number of nitrogens with one attached hydrogen (secondary N) is 1. The van der Waals surface area contributed by atoms with Gasteiger partial charge in [0.15, 0.2) is 0 Å². The van der Waals surface area contributed by atoms with Gasteiger partial charge in [-0.25, -0.2) is 0 Å². The Morgan fingerprint density at radius 2 is 1.87 bits per heavy atom. The van der Waals surface area contributed by atoms with Crippen LogP contribution in [0.5, 0.6) is 5.75 Å². The van der Waals surface area contributed by atoms with E-state index in [0.717, 1.165) is 23.3 Å². The predicted molar refractivity (Wildman–Crippen MR) is 122 cm³/mol. The minimum absolute atomic E-state index is 0.113. The standard InChI is InChI=1S/C24H30N2O3S/c1-17-13-14-21(29-3)20(15-17)25-24(28)19-11-7-8-12-22(19)30-16-23(27)26(2)18-9-5-4-6-10-18/h7-8,11-15,18H,4-6,9-10,16H2,1-3H3,(H,25,28). The number of aryl methyl sites for hydroxylation is 1. The summed E-state index contributed by atoms with van der Waals surface area (Å²) in [5.74, 6) is 0.839. The second-order valence-corrected chi connectivity index (χ2v) is 8.76. The lowest BCUT2D eigenvalue weighted by molar-refractivity contribution is -0.129. The lowest BCUT2D eigenvalue weighted by Gasteiger charge is -2.31. The van der Waals surface area contributed by atoms with Crippen LogP contribution in [0.3, 0.4) is 0 Å². The van der Waals surface area contributed by atoms with Gasteiger partial charge in [0.2, 0.25) is 5.91 Å².